The van der Waals surface area contributed by atoms with Crippen LogP contribution in [0.5, 0.6) is 0 Å². The van der Waals surface area contributed by atoms with Gasteiger partial charge in [-0.3, -0.25) is 4.68 Å². The first-order valence-electron chi connectivity index (χ1n) is 6.53. The van der Waals surface area contributed by atoms with Crippen molar-refractivity contribution in [2.45, 2.75) is 19.9 Å². The summed E-state index contributed by atoms with van der Waals surface area (Å²) in [4.78, 5) is 0. The Morgan fingerprint density at radius 2 is 2.29 bits per heavy atom. The molecule has 0 spiro atoms. The highest BCUT2D eigenvalue weighted by molar-refractivity contribution is 9.10. The Balaban J connectivity index is 1.73. The number of halogens is 2. The normalized spacial score (nSPS) is 10.4. The Hall–Kier alpha value is -1.11. The molecule has 0 saturated carbocycles. The van der Waals surface area contributed by atoms with Crippen molar-refractivity contribution in [3.05, 3.63) is 45.7 Å². The van der Waals surface area contributed by atoms with Crippen LogP contribution in [0, 0.1) is 6.92 Å². The molecule has 0 amide bonds. The minimum Gasteiger partial charge on any atom is -0.362 e. The summed E-state index contributed by atoms with van der Waals surface area (Å²) in [7, 11) is 0. The monoisotopic (exact) mass is 386 g/mol. The molecule has 2 aromatic rings. The average molecular weight is 388 g/mol. The summed E-state index contributed by atoms with van der Waals surface area (Å²) >= 11 is 14.6. The van der Waals surface area contributed by atoms with Crippen LogP contribution in [0.25, 0.3) is 0 Å². The summed E-state index contributed by atoms with van der Waals surface area (Å²) in [6.07, 6.45) is 4.66. The number of benzene rings is 1. The van der Waals surface area contributed by atoms with Gasteiger partial charge in [-0.2, -0.15) is 5.10 Å². The fraction of sp³-hybridized carbons (Fsp3) is 0.286. The van der Waals surface area contributed by atoms with E-state index in [1.54, 1.807) is 6.20 Å². The van der Waals surface area contributed by atoms with E-state index in [4.69, 9.17) is 23.8 Å². The molecule has 112 valence electrons. The van der Waals surface area contributed by atoms with Gasteiger partial charge >= 0.3 is 0 Å². The third-order valence-corrected chi connectivity index (χ3v) is 3.79. The van der Waals surface area contributed by atoms with Gasteiger partial charge in [-0.25, -0.2) is 0 Å². The molecule has 21 heavy (non-hydrogen) atoms. The summed E-state index contributed by atoms with van der Waals surface area (Å²) < 4.78 is 2.88. The molecular weight excluding hydrogens is 372 g/mol. The topological polar surface area (TPSA) is 41.9 Å². The van der Waals surface area contributed by atoms with Crippen molar-refractivity contribution in [1.82, 2.24) is 15.1 Å². The molecule has 0 saturated heterocycles. The van der Waals surface area contributed by atoms with E-state index in [-0.39, 0.29) is 0 Å². The maximum absolute atomic E-state index is 5.98. The number of aryl methyl sites for hydroxylation is 2. The molecule has 2 rings (SSSR count). The van der Waals surface area contributed by atoms with Gasteiger partial charge in [0, 0.05) is 30.0 Å². The summed E-state index contributed by atoms with van der Waals surface area (Å²) in [5.74, 6) is 0. The predicted molar refractivity (Wildman–Crippen MR) is 95.0 cm³/mol. The lowest BCUT2D eigenvalue weighted by Gasteiger charge is -2.12. The first kappa shape index (κ1) is 16.3. The lowest BCUT2D eigenvalue weighted by molar-refractivity contribution is 0.573. The Bertz CT molecular complexity index is 629. The van der Waals surface area contributed by atoms with Gasteiger partial charge in [0.05, 0.1) is 10.7 Å². The minimum absolute atomic E-state index is 0.599. The van der Waals surface area contributed by atoms with E-state index in [9.17, 15) is 0 Å². The number of hydrogen-bond donors (Lipinski definition) is 2. The van der Waals surface area contributed by atoms with Crippen molar-refractivity contribution in [3.63, 3.8) is 0 Å². The van der Waals surface area contributed by atoms with Crippen molar-refractivity contribution >= 4 is 50.5 Å². The molecular formula is C14H16BrClN4S. The maximum Gasteiger partial charge on any atom is 0.170 e. The fourth-order valence-electron chi connectivity index (χ4n) is 1.80. The van der Waals surface area contributed by atoms with Gasteiger partial charge < -0.3 is 10.6 Å². The number of hydrogen-bond acceptors (Lipinski definition) is 2. The smallest absolute Gasteiger partial charge is 0.170 e. The van der Waals surface area contributed by atoms with Gasteiger partial charge in [-0.15, -0.1) is 0 Å². The average Bonchev–Trinajstić information content (AvgIpc) is 2.85. The summed E-state index contributed by atoms with van der Waals surface area (Å²) in [6, 6.07) is 5.69. The second kappa shape index (κ2) is 7.77. The van der Waals surface area contributed by atoms with Crippen LogP contribution in [0.2, 0.25) is 5.02 Å². The Kier molecular flexibility index (Phi) is 6.02. The predicted octanol–water partition coefficient (Wildman–Crippen LogP) is 3.98. The number of thiocarbonyl (C=S) groups is 1. The number of rotatable bonds is 5. The summed E-state index contributed by atoms with van der Waals surface area (Å²) in [5, 5.41) is 11.8. The highest BCUT2D eigenvalue weighted by atomic mass is 79.9. The standard InChI is InChI=1S/C14H16BrClN4S/c1-10-3-4-12(16)7-13(10)19-14(21)17-5-2-6-20-9-11(15)8-18-20/h3-4,7-9H,2,5-6H2,1H3,(H2,17,19,21). The first-order chi connectivity index (χ1) is 10.0. The number of anilines is 1. The molecule has 1 aromatic heterocycles. The van der Waals surface area contributed by atoms with Gasteiger partial charge in [0.2, 0.25) is 0 Å². The van der Waals surface area contributed by atoms with Crippen LogP contribution in [-0.4, -0.2) is 21.4 Å². The summed E-state index contributed by atoms with van der Waals surface area (Å²) in [5.41, 5.74) is 2.03. The minimum atomic E-state index is 0.599. The summed E-state index contributed by atoms with van der Waals surface area (Å²) in [6.45, 7) is 3.64. The zero-order valence-corrected chi connectivity index (χ0v) is 14.7. The molecule has 0 unspecified atom stereocenters. The number of nitrogens with one attached hydrogen (secondary N) is 2. The zero-order valence-electron chi connectivity index (χ0n) is 11.6. The fourth-order valence-corrected chi connectivity index (χ4v) is 2.51. The van der Waals surface area contributed by atoms with Crippen LogP contribution in [0.4, 0.5) is 5.69 Å². The lowest BCUT2D eigenvalue weighted by atomic mass is 10.2. The molecule has 0 aliphatic rings. The van der Waals surface area contributed by atoms with Crippen molar-refractivity contribution in [1.29, 1.82) is 0 Å². The van der Waals surface area contributed by atoms with E-state index < -0.39 is 0 Å². The van der Waals surface area contributed by atoms with Crippen LogP contribution in [0.1, 0.15) is 12.0 Å². The quantitative estimate of drug-likeness (QED) is 0.601. The highest BCUT2D eigenvalue weighted by Crippen LogP contribution is 2.19. The molecule has 0 atom stereocenters. The molecule has 0 radical (unpaired) electrons. The molecule has 2 N–H and O–H groups in total. The molecule has 4 nitrogen and oxygen atoms in total. The van der Waals surface area contributed by atoms with Gasteiger partial charge in [-0.1, -0.05) is 17.7 Å². The molecule has 1 heterocycles. The lowest BCUT2D eigenvalue weighted by Crippen LogP contribution is -2.30. The van der Waals surface area contributed by atoms with Gasteiger partial charge in [-0.05, 0) is 59.2 Å². The Morgan fingerprint density at radius 3 is 3.00 bits per heavy atom. The Labute approximate surface area is 143 Å². The molecule has 0 aliphatic carbocycles. The third kappa shape index (κ3) is 5.30. The van der Waals surface area contributed by atoms with Gasteiger partial charge in [0.1, 0.15) is 0 Å². The largest absolute Gasteiger partial charge is 0.362 e. The first-order valence-corrected chi connectivity index (χ1v) is 8.11. The van der Waals surface area contributed by atoms with Crippen LogP contribution in [-0.2, 0) is 6.54 Å². The van der Waals surface area contributed by atoms with E-state index >= 15 is 0 Å². The number of nitrogens with zero attached hydrogens (tertiary/aromatic N) is 2. The van der Waals surface area contributed by atoms with Crippen LogP contribution >= 0.6 is 39.7 Å². The van der Waals surface area contributed by atoms with Crippen molar-refractivity contribution < 1.29 is 0 Å². The van der Waals surface area contributed by atoms with Crippen LogP contribution in [0.3, 0.4) is 0 Å². The van der Waals surface area contributed by atoms with Crippen LogP contribution in [0.15, 0.2) is 35.1 Å². The molecule has 0 fully saturated rings. The van der Waals surface area contributed by atoms with Crippen molar-refractivity contribution in [2.75, 3.05) is 11.9 Å². The van der Waals surface area contributed by atoms with Crippen LogP contribution < -0.4 is 10.6 Å². The number of aromatic nitrogens is 2. The van der Waals surface area contributed by atoms with E-state index in [0.29, 0.717) is 10.1 Å². The maximum atomic E-state index is 5.98. The molecule has 1 aromatic carbocycles. The van der Waals surface area contributed by atoms with E-state index in [2.05, 4.69) is 31.7 Å². The van der Waals surface area contributed by atoms with E-state index in [0.717, 1.165) is 35.2 Å². The SMILES string of the molecule is Cc1ccc(Cl)cc1NC(=S)NCCCn1cc(Br)cn1. The van der Waals surface area contributed by atoms with Crippen molar-refractivity contribution in [3.8, 4) is 0 Å². The third-order valence-electron chi connectivity index (χ3n) is 2.90. The second-order valence-corrected chi connectivity index (χ2v) is 6.38. The van der Waals surface area contributed by atoms with E-state index in [1.807, 2.05) is 36.0 Å². The van der Waals surface area contributed by atoms with E-state index in [1.165, 1.54) is 0 Å². The highest BCUT2D eigenvalue weighted by Gasteiger charge is 2.02. The Morgan fingerprint density at radius 1 is 1.48 bits per heavy atom. The van der Waals surface area contributed by atoms with Gasteiger partial charge in [0.15, 0.2) is 5.11 Å². The molecule has 0 bridgehead atoms. The van der Waals surface area contributed by atoms with Gasteiger partial charge in [0.25, 0.3) is 0 Å². The molecule has 7 heteroatoms. The zero-order chi connectivity index (χ0) is 15.2. The molecule has 0 aliphatic heterocycles. The second-order valence-electron chi connectivity index (χ2n) is 4.62. The van der Waals surface area contributed by atoms with Crippen molar-refractivity contribution in [2.24, 2.45) is 0 Å².